The zero-order valence-corrected chi connectivity index (χ0v) is 10.1. The van der Waals surface area contributed by atoms with Gasteiger partial charge in [-0.25, -0.2) is 4.79 Å². The molecule has 0 spiro atoms. The molecule has 0 unspecified atom stereocenters. The fourth-order valence-corrected chi connectivity index (χ4v) is 1.66. The van der Waals surface area contributed by atoms with E-state index in [2.05, 4.69) is 11.4 Å². The third-order valence-electron chi connectivity index (χ3n) is 2.63. The molecule has 1 aliphatic heterocycles. The van der Waals surface area contributed by atoms with Gasteiger partial charge in [0.25, 0.3) is 11.8 Å². The Balaban J connectivity index is 2.21. The SMILES string of the molecule is C=CCC(F)(F)C(=O)ON1C(=O)c2ccccc2C1=O. The van der Waals surface area contributed by atoms with E-state index in [0.717, 1.165) is 6.08 Å². The van der Waals surface area contributed by atoms with Crippen molar-refractivity contribution >= 4 is 17.8 Å². The second kappa shape index (κ2) is 4.84. The van der Waals surface area contributed by atoms with Gasteiger partial charge in [-0.1, -0.05) is 23.3 Å². The zero-order chi connectivity index (χ0) is 14.9. The summed E-state index contributed by atoms with van der Waals surface area (Å²) in [5.74, 6) is -7.73. The molecule has 1 heterocycles. The van der Waals surface area contributed by atoms with Crippen molar-refractivity contribution < 1.29 is 28.0 Å². The van der Waals surface area contributed by atoms with Crippen LogP contribution in [-0.4, -0.2) is 28.8 Å². The minimum absolute atomic E-state index is 0.00247. The Morgan fingerprint density at radius 1 is 1.25 bits per heavy atom. The first-order chi connectivity index (χ1) is 9.38. The van der Waals surface area contributed by atoms with Gasteiger partial charge in [0.1, 0.15) is 0 Å². The molecule has 2 amide bonds. The van der Waals surface area contributed by atoms with Crippen molar-refractivity contribution in [3.8, 4) is 0 Å². The molecule has 1 aromatic rings. The van der Waals surface area contributed by atoms with E-state index in [9.17, 15) is 23.2 Å². The molecule has 7 heteroatoms. The molecule has 5 nitrogen and oxygen atoms in total. The predicted molar refractivity (Wildman–Crippen MR) is 62.8 cm³/mol. The zero-order valence-electron chi connectivity index (χ0n) is 10.1. The number of carbonyl (C=O) groups excluding carboxylic acids is 3. The van der Waals surface area contributed by atoms with Gasteiger partial charge in [-0.3, -0.25) is 9.59 Å². The van der Waals surface area contributed by atoms with Crippen molar-refractivity contribution in [1.82, 2.24) is 5.06 Å². The Hall–Kier alpha value is -2.57. The fourth-order valence-electron chi connectivity index (χ4n) is 1.66. The number of amides is 2. The molecule has 2 rings (SSSR count). The lowest BCUT2D eigenvalue weighted by Crippen LogP contribution is -2.39. The van der Waals surface area contributed by atoms with Crippen LogP contribution < -0.4 is 0 Å². The van der Waals surface area contributed by atoms with Crippen molar-refractivity contribution in [2.45, 2.75) is 12.3 Å². The Bertz CT molecular complexity index is 577. The molecule has 0 N–H and O–H groups in total. The number of nitrogens with zero attached hydrogens (tertiary/aromatic N) is 1. The highest BCUT2D eigenvalue weighted by Gasteiger charge is 2.45. The molecule has 0 aromatic heterocycles. The molecular weight excluding hydrogens is 272 g/mol. The number of imide groups is 1. The van der Waals surface area contributed by atoms with Gasteiger partial charge in [-0.2, -0.15) is 8.78 Å². The van der Waals surface area contributed by atoms with Crippen LogP contribution in [0, 0.1) is 0 Å². The van der Waals surface area contributed by atoms with Crippen molar-refractivity contribution in [2.75, 3.05) is 0 Å². The number of rotatable bonds is 4. The standard InChI is InChI=1S/C13H9F2NO4/c1-2-7-13(14,15)12(19)20-16-10(17)8-5-3-4-6-9(8)11(16)18/h2-6H,1,7H2. The summed E-state index contributed by atoms with van der Waals surface area (Å²) < 4.78 is 26.5. The normalized spacial score (nSPS) is 14.2. The minimum atomic E-state index is -3.85. The lowest BCUT2D eigenvalue weighted by Gasteiger charge is -2.17. The van der Waals surface area contributed by atoms with Crippen LogP contribution in [0.3, 0.4) is 0 Å². The molecule has 104 valence electrons. The maximum Gasteiger partial charge on any atom is 0.402 e. The molecule has 0 aliphatic carbocycles. The number of benzene rings is 1. The smallest absolute Gasteiger partial charge is 0.323 e. The fraction of sp³-hybridized carbons (Fsp3) is 0.154. The molecule has 1 aliphatic rings. The van der Waals surface area contributed by atoms with E-state index >= 15 is 0 Å². The number of hydrogen-bond donors (Lipinski definition) is 0. The van der Waals surface area contributed by atoms with Crippen LogP contribution in [0.15, 0.2) is 36.9 Å². The Morgan fingerprint density at radius 2 is 1.75 bits per heavy atom. The molecule has 0 radical (unpaired) electrons. The van der Waals surface area contributed by atoms with Gasteiger partial charge < -0.3 is 4.84 Å². The number of carbonyl (C=O) groups is 3. The van der Waals surface area contributed by atoms with Gasteiger partial charge in [0.2, 0.25) is 0 Å². The molecule has 0 saturated heterocycles. The molecule has 0 fully saturated rings. The van der Waals surface area contributed by atoms with Crippen LogP contribution in [0.25, 0.3) is 0 Å². The van der Waals surface area contributed by atoms with Crippen molar-refractivity contribution in [2.24, 2.45) is 0 Å². The Morgan fingerprint density at radius 3 is 2.20 bits per heavy atom. The Labute approximate surface area is 112 Å². The van der Waals surface area contributed by atoms with E-state index in [-0.39, 0.29) is 16.2 Å². The summed E-state index contributed by atoms with van der Waals surface area (Å²) in [5, 5.41) is 0.0456. The average molecular weight is 281 g/mol. The first kappa shape index (κ1) is 13.9. The van der Waals surface area contributed by atoms with Crippen molar-refractivity contribution in [3.63, 3.8) is 0 Å². The number of halogens is 2. The van der Waals surface area contributed by atoms with Crippen LogP contribution in [0.5, 0.6) is 0 Å². The summed E-state index contributed by atoms with van der Waals surface area (Å²) in [6.07, 6.45) is -0.112. The average Bonchev–Trinajstić information content (AvgIpc) is 2.64. The highest BCUT2D eigenvalue weighted by molar-refractivity contribution is 6.20. The first-order valence-electron chi connectivity index (χ1n) is 5.57. The molecule has 0 bridgehead atoms. The molecule has 20 heavy (non-hydrogen) atoms. The van der Waals surface area contributed by atoms with Gasteiger partial charge in [-0.15, -0.1) is 6.58 Å². The number of hydroxylamine groups is 2. The lowest BCUT2D eigenvalue weighted by molar-refractivity contribution is -0.195. The lowest BCUT2D eigenvalue weighted by atomic mass is 10.1. The first-order valence-corrected chi connectivity index (χ1v) is 5.57. The van der Waals surface area contributed by atoms with Crippen LogP contribution in [0.1, 0.15) is 27.1 Å². The second-order valence-corrected chi connectivity index (χ2v) is 4.03. The third-order valence-corrected chi connectivity index (χ3v) is 2.63. The summed E-state index contributed by atoms with van der Waals surface area (Å²) in [6.45, 7) is 3.09. The largest absolute Gasteiger partial charge is 0.402 e. The van der Waals surface area contributed by atoms with E-state index < -0.39 is 30.1 Å². The highest BCUT2D eigenvalue weighted by atomic mass is 19.3. The summed E-state index contributed by atoms with van der Waals surface area (Å²) in [6, 6.07) is 5.68. The van der Waals surface area contributed by atoms with E-state index in [1.807, 2.05) is 0 Å². The van der Waals surface area contributed by atoms with Crippen LogP contribution in [0.2, 0.25) is 0 Å². The molecule has 0 saturated carbocycles. The quantitative estimate of drug-likeness (QED) is 0.625. The monoisotopic (exact) mass is 281 g/mol. The van der Waals surface area contributed by atoms with E-state index in [0.29, 0.717) is 0 Å². The minimum Gasteiger partial charge on any atom is -0.323 e. The molecule has 1 aromatic carbocycles. The number of allylic oxidation sites excluding steroid dienone is 1. The second-order valence-electron chi connectivity index (χ2n) is 4.03. The number of alkyl halides is 2. The highest BCUT2D eigenvalue weighted by Crippen LogP contribution is 2.26. The van der Waals surface area contributed by atoms with Gasteiger partial charge >= 0.3 is 11.9 Å². The maximum atomic E-state index is 13.3. The van der Waals surface area contributed by atoms with Gasteiger partial charge in [0, 0.05) is 6.42 Å². The van der Waals surface area contributed by atoms with E-state index in [1.54, 1.807) is 0 Å². The van der Waals surface area contributed by atoms with Crippen molar-refractivity contribution in [1.29, 1.82) is 0 Å². The predicted octanol–water partition coefficient (Wildman–Crippen LogP) is 1.95. The van der Waals surface area contributed by atoms with Gasteiger partial charge in [0.15, 0.2) is 0 Å². The van der Waals surface area contributed by atoms with Gasteiger partial charge in [-0.05, 0) is 12.1 Å². The summed E-state index contributed by atoms with van der Waals surface area (Å²) >= 11 is 0. The van der Waals surface area contributed by atoms with E-state index in [4.69, 9.17) is 0 Å². The number of fused-ring (bicyclic) bond motifs is 1. The van der Waals surface area contributed by atoms with Gasteiger partial charge in [0.05, 0.1) is 11.1 Å². The van der Waals surface area contributed by atoms with Crippen LogP contribution >= 0.6 is 0 Å². The topological polar surface area (TPSA) is 63.7 Å². The molecular formula is C13H9F2NO4. The van der Waals surface area contributed by atoms with Crippen LogP contribution in [-0.2, 0) is 9.63 Å². The summed E-state index contributed by atoms with van der Waals surface area (Å²) in [7, 11) is 0. The number of hydrogen-bond acceptors (Lipinski definition) is 4. The summed E-state index contributed by atoms with van der Waals surface area (Å²) in [4.78, 5) is 39.1. The third kappa shape index (κ3) is 2.18. The Kier molecular flexibility index (Phi) is 3.35. The maximum absolute atomic E-state index is 13.3. The van der Waals surface area contributed by atoms with Crippen LogP contribution in [0.4, 0.5) is 8.78 Å². The molecule has 0 atom stereocenters. The van der Waals surface area contributed by atoms with Crippen molar-refractivity contribution in [3.05, 3.63) is 48.0 Å². The van der Waals surface area contributed by atoms with E-state index in [1.165, 1.54) is 24.3 Å². The summed E-state index contributed by atoms with van der Waals surface area (Å²) in [5.41, 5.74) is -0.00493.